The first-order chi connectivity index (χ1) is 9.93. The monoisotopic (exact) mass is 321 g/mol. The molecule has 2 aromatic rings. The molecule has 1 unspecified atom stereocenters. The Labute approximate surface area is 137 Å². The van der Waals surface area contributed by atoms with Gasteiger partial charge in [0.15, 0.2) is 0 Å². The minimum absolute atomic E-state index is 0.129. The second kappa shape index (κ2) is 6.83. The van der Waals surface area contributed by atoms with Gasteiger partial charge < -0.3 is 5.32 Å². The summed E-state index contributed by atoms with van der Waals surface area (Å²) in [6.45, 7) is 9.45. The molecular weight excluding hydrogens is 301 g/mol. The van der Waals surface area contributed by atoms with E-state index in [1.165, 1.54) is 22.3 Å². The number of hydrogen-bond acceptors (Lipinski definition) is 1. The van der Waals surface area contributed by atoms with Crippen molar-refractivity contribution in [3.63, 3.8) is 0 Å². The molecule has 0 fully saturated rings. The number of rotatable bonds is 4. The Bertz CT molecular complexity index is 650. The first kappa shape index (κ1) is 16.4. The summed E-state index contributed by atoms with van der Waals surface area (Å²) >= 11 is 12.2. The van der Waals surface area contributed by atoms with Crippen molar-refractivity contribution in [3.05, 3.63) is 68.2 Å². The molecule has 2 aromatic carbocycles. The first-order valence-corrected chi connectivity index (χ1v) is 7.95. The van der Waals surface area contributed by atoms with Crippen LogP contribution < -0.4 is 5.32 Å². The van der Waals surface area contributed by atoms with Crippen molar-refractivity contribution in [1.29, 1.82) is 0 Å². The topological polar surface area (TPSA) is 12.0 Å². The Morgan fingerprint density at radius 1 is 0.905 bits per heavy atom. The zero-order valence-electron chi connectivity index (χ0n) is 12.9. The van der Waals surface area contributed by atoms with Gasteiger partial charge in [0.25, 0.3) is 0 Å². The third-order valence-electron chi connectivity index (χ3n) is 3.88. The van der Waals surface area contributed by atoms with E-state index in [1.807, 2.05) is 18.2 Å². The Hall–Kier alpha value is -1.02. The minimum atomic E-state index is 0.129. The second-order valence-electron chi connectivity index (χ2n) is 5.46. The number of aryl methyl sites for hydroxylation is 3. The molecule has 0 amide bonds. The predicted molar refractivity (Wildman–Crippen MR) is 92.6 cm³/mol. The third kappa shape index (κ3) is 3.60. The van der Waals surface area contributed by atoms with Gasteiger partial charge in [-0.2, -0.15) is 0 Å². The highest BCUT2D eigenvalue weighted by Crippen LogP contribution is 2.31. The summed E-state index contributed by atoms with van der Waals surface area (Å²) in [5.74, 6) is 0. The van der Waals surface area contributed by atoms with Crippen LogP contribution >= 0.6 is 23.2 Å². The molecule has 0 radical (unpaired) electrons. The molecule has 0 aliphatic rings. The average Bonchev–Trinajstić information content (AvgIpc) is 2.44. The van der Waals surface area contributed by atoms with E-state index in [2.05, 4.69) is 45.1 Å². The first-order valence-electron chi connectivity index (χ1n) is 7.20. The zero-order valence-corrected chi connectivity index (χ0v) is 14.4. The summed E-state index contributed by atoms with van der Waals surface area (Å²) in [6, 6.07) is 10.5. The number of benzene rings is 2. The quantitative estimate of drug-likeness (QED) is 0.770. The maximum atomic E-state index is 6.18. The molecular formula is C18H21Cl2N. The molecule has 1 N–H and O–H groups in total. The lowest BCUT2D eigenvalue weighted by molar-refractivity contribution is 0.627. The van der Waals surface area contributed by atoms with Crippen molar-refractivity contribution >= 4 is 23.2 Å². The van der Waals surface area contributed by atoms with Crippen LogP contribution in [0, 0.1) is 20.8 Å². The lowest BCUT2D eigenvalue weighted by atomic mass is 9.91. The molecule has 0 heterocycles. The lowest BCUT2D eigenvalue weighted by Gasteiger charge is -2.22. The average molecular weight is 322 g/mol. The van der Waals surface area contributed by atoms with Gasteiger partial charge in [-0.3, -0.25) is 0 Å². The van der Waals surface area contributed by atoms with Crippen LogP contribution in [-0.2, 0) is 0 Å². The fourth-order valence-corrected chi connectivity index (χ4v) is 2.90. The summed E-state index contributed by atoms with van der Waals surface area (Å²) in [5, 5.41) is 4.73. The Balaban J connectivity index is 2.52. The molecule has 3 heteroatoms. The Morgan fingerprint density at radius 2 is 1.57 bits per heavy atom. The highest BCUT2D eigenvalue weighted by atomic mass is 35.5. The normalized spacial score (nSPS) is 12.5. The van der Waals surface area contributed by atoms with Gasteiger partial charge in [-0.05, 0) is 67.3 Å². The molecule has 0 saturated carbocycles. The highest BCUT2D eigenvalue weighted by Gasteiger charge is 2.17. The van der Waals surface area contributed by atoms with Crippen molar-refractivity contribution in [2.45, 2.75) is 33.7 Å². The third-order valence-corrected chi connectivity index (χ3v) is 4.62. The lowest BCUT2D eigenvalue weighted by Crippen LogP contribution is -2.23. The second-order valence-corrected chi connectivity index (χ2v) is 6.27. The highest BCUT2D eigenvalue weighted by molar-refractivity contribution is 6.42. The van der Waals surface area contributed by atoms with Gasteiger partial charge in [0, 0.05) is 0 Å². The fraction of sp³-hybridized carbons (Fsp3) is 0.333. The van der Waals surface area contributed by atoms with Gasteiger partial charge in [0.1, 0.15) is 0 Å². The zero-order chi connectivity index (χ0) is 15.6. The molecule has 21 heavy (non-hydrogen) atoms. The molecule has 2 rings (SSSR count). The molecule has 1 atom stereocenters. The van der Waals surface area contributed by atoms with E-state index in [0.29, 0.717) is 10.0 Å². The Morgan fingerprint density at radius 3 is 2.19 bits per heavy atom. The summed E-state index contributed by atoms with van der Waals surface area (Å²) in [4.78, 5) is 0. The van der Waals surface area contributed by atoms with E-state index in [1.54, 1.807) is 0 Å². The van der Waals surface area contributed by atoms with E-state index in [9.17, 15) is 0 Å². The smallest absolute Gasteiger partial charge is 0.0595 e. The van der Waals surface area contributed by atoms with Crippen LogP contribution in [0.4, 0.5) is 0 Å². The van der Waals surface area contributed by atoms with Crippen molar-refractivity contribution in [2.75, 3.05) is 6.54 Å². The van der Waals surface area contributed by atoms with Crippen LogP contribution in [-0.4, -0.2) is 6.54 Å². The minimum Gasteiger partial charge on any atom is -0.307 e. The molecule has 0 aliphatic carbocycles. The SMILES string of the molecule is CCNC(c1ccc(Cl)c(Cl)c1)c1cc(C)c(C)cc1C. The van der Waals surface area contributed by atoms with E-state index < -0.39 is 0 Å². The van der Waals surface area contributed by atoms with Crippen LogP contribution in [0.25, 0.3) is 0 Å². The van der Waals surface area contributed by atoms with Crippen molar-refractivity contribution in [3.8, 4) is 0 Å². The molecule has 0 saturated heterocycles. The van der Waals surface area contributed by atoms with E-state index in [-0.39, 0.29) is 6.04 Å². The summed E-state index contributed by atoms with van der Waals surface area (Å²) < 4.78 is 0. The molecule has 1 nitrogen and oxygen atoms in total. The fourth-order valence-electron chi connectivity index (χ4n) is 2.60. The molecule has 112 valence electrons. The van der Waals surface area contributed by atoms with Crippen molar-refractivity contribution in [1.82, 2.24) is 5.32 Å². The molecule has 0 aromatic heterocycles. The van der Waals surface area contributed by atoms with Crippen LogP contribution in [0.15, 0.2) is 30.3 Å². The molecule has 0 aliphatic heterocycles. The summed E-state index contributed by atoms with van der Waals surface area (Å²) in [5.41, 5.74) is 6.34. The van der Waals surface area contributed by atoms with Crippen LogP contribution in [0.5, 0.6) is 0 Å². The van der Waals surface area contributed by atoms with Gasteiger partial charge in [0.2, 0.25) is 0 Å². The van der Waals surface area contributed by atoms with Crippen molar-refractivity contribution in [2.24, 2.45) is 0 Å². The Kier molecular flexibility index (Phi) is 5.32. The largest absolute Gasteiger partial charge is 0.307 e. The van der Waals surface area contributed by atoms with E-state index in [0.717, 1.165) is 12.1 Å². The van der Waals surface area contributed by atoms with Gasteiger partial charge >= 0.3 is 0 Å². The standard InChI is InChI=1S/C18H21Cl2N/c1-5-21-18(14-6-7-16(19)17(20)10-14)15-9-12(3)11(2)8-13(15)4/h6-10,18,21H,5H2,1-4H3. The van der Waals surface area contributed by atoms with Gasteiger partial charge in [-0.25, -0.2) is 0 Å². The number of hydrogen-bond donors (Lipinski definition) is 1. The maximum Gasteiger partial charge on any atom is 0.0595 e. The molecule has 0 bridgehead atoms. The van der Waals surface area contributed by atoms with Gasteiger partial charge in [-0.1, -0.05) is 48.3 Å². The van der Waals surface area contributed by atoms with Crippen LogP contribution in [0.2, 0.25) is 10.0 Å². The van der Waals surface area contributed by atoms with Crippen molar-refractivity contribution < 1.29 is 0 Å². The maximum absolute atomic E-state index is 6.18. The van der Waals surface area contributed by atoms with Gasteiger partial charge in [-0.15, -0.1) is 0 Å². The summed E-state index contributed by atoms with van der Waals surface area (Å²) in [7, 11) is 0. The van der Waals surface area contributed by atoms with E-state index >= 15 is 0 Å². The summed E-state index contributed by atoms with van der Waals surface area (Å²) in [6.07, 6.45) is 0. The predicted octanol–water partition coefficient (Wildman–Crippen LogP) is 5.62. The van der Waals surface area contributed by atoms with Crippen LogP contribution in [0.3, 0.4) is 0 Å². The van der Waals surface area contributed by atoms with Crippen LogP contribution in [0.1, 0.15) is 40.8 Å². The molecule has 0 spiro atoms. The number of halogens is 2. The number of nitrogens with one attached hydrogen (secondary N) is 1. The van der Waals surface area contributed by atoms with Gasteiger partial charge in [0.05, 0.1) is 16.1 Å². The van der Waals surface area contributed by atoms with E-state index in [4.69, 9.17) is 23.2 Å².